The van der Waals surface area contributed by atoms with E-state index >= 15 is 0 Å². The number of carbonyl (C=O) groups excluding carboxylic acids is 4. The number of carboxylic acid groups (broad SMARTS) is 1. The van der Waals surface area contributed by atoms with Crippen LogP contribution in [0.4, 0.5) is 0 Å². The zero-order valence-corrected chi connectivity index (χ0v) is 13.7. The van der Waals surface area contributed by atoms with Crippen LogP contribution in [0.2, 0.25) is 0 Å². The highest BCUT2D eigenvalue weighted by molar-refractivity contribution is 5.95. The molecule has 24 heavy (non-hydrogen) atoms. The summed E-state index contributed by atoms with van der Waals surface area (Å²) >= 11 is 0. The zero-order valence-electron chi connectivity index (χ0n) is 13.7. The standard InChI is InChI=1S/C13H23N5O6/c1-5(14)10(20)16-6(2)11(21)18-8(4-9(15)19)12(22)17-7(3)13(23)24/h5-8H,4,14H2,1-3H3,(H2,15,19)(H,16,20)(H,17,22)(H,18,21)(H,23,24). The first-order valence-corrected chi connectivity index (χ1v) is 7.13. The Labute approximate surface area is 138 Å². The first-order valence-electron chi connectivity index (χ1n) is 7.13. The van der Waals surface area contributed by atoms with Gasteiger partial charge in [0, 0.05) is 0 Å². The maximum atomic E-state index is 12.0. The quantitative estimate of drug-likeness (QED) is 0.253. The highest BCUT2D eigenvalue weighted by atomic mass is 16.4. The van der Waals surface area contributed by atoms with Gasteiger partial charge in [0.2, 0.25) is 23.6 Å². The number of hydrogen-bond donors (Lipinski definition) is 6. The molecule has 0 rings (SSSR count). The van der Waals surface area contributed by atoms with Crippen molar-refractivity contribution >= 4 is 29.6 Å². The molecule has 0 spiro atoms. The van der Waals surface area contributed by atoms with E-state index in [0.717, 1.165) is 0 Å². The van der Waals surface area contributed by atoms with Crippen molar-refractivity contribution in [1.82, 2.24) is 16.0 Å². The van der Waals surface area contributed by atoms with E-state index in [1.165, 1.54) is 20.8 Å². The topological polar surface area (TPSA) is 194 Å². The largest absolute Gasteiger partial charge is 0.480 e. The van der Waals surface area contributed by atoms with Crippen LogP contribution in [0.25, 0.3) is 0 Å². The summed E-state index contributed by atoms with van der Waals surface area (Å²) in [5, 5.41) is 15.4. The van der Waals surface area contributed by atoms with E-state index < -0.39 is 60.2 Å². The number of carboxylic acids is 1. The summed E-state index contributed by atoms with van der Waals surface area (Å²) in [4.78, 5) is 57.2. The van der Waals surface area contributed by atoms with Crippen molar-refractivity contribution in [2.45, 2.75) is 51.4 Å². The normalized spacial score (nSPS) is 15.3. The Morgan fingerprint density at radius 1 is 0.875 bits per heavy atom. The average Bonchev–Trinajstić information content (AvgIpc) is 2.45. The molecule has 0 fully saturated rings. The van der Waals surface area contributed by atoms with E-state index in [0.29, 0.717) is 0 Å². The summed E-state index contributed by atoms with van der Waals surface area (Å²) in [6.45, 7) is 4.00. The minimum absolute atomic E-state index is 0.530. The number of primary amides is 1. The van der Waals surface area contributed by atoms with Gasteiger partial charge in [-0.05, 0) is 20.8 Å². The lowest BCUT2D eigenvalue weighted by atomic mass is 10.1. The Bertz CT molecular complexity index is 521. The molecule has 0 bridgehead atoms. The van der Waals surface area contributed by atoms with Gasteiger partial charge in [0.15, 0.2) is 0 Å². The second kappa shape index (κ2) is 9.45. The molecule has 0 aromatic rings. The first-order chi connectivity index (χ1) is 11.0. The van der Waals surface area contributed by atoms with Crippen molar-refractivity contribution in [2.75, 3.05) is 0 Å². The molecule has 0 saturated carbocycles. The van der Waals surface area contributed by atoms with Crippen LogP contribution in [-0.2, 0) is 24.0 Å². The number of aliphatic carboxylic acids is 1. The molecule has 0 aliphatic carbocycles. The maximum absolute atomic E-state index is 12.0. The number of hydrogen-bond acceptors (Lipinski definition) is 6. The predicted molar refractivity (Wildman–Crippen MR) is 82.2 cm³/mol. The molecule has 0 aromatic carbocycles. The Balaban J connectivity index is 4.91. The van der Waals surface area contributed by atoms with Gasteiger partial charge in [-0.15, -0.1) is 0 Å². The van der Waals surface area contributed by atoms with Crippen LogP contribution >= 0.6 is 0 Å². The highest BCUT2D eigenvalue weighted by Gasteiger charge is 2.28. The molecule has 0 saturated heterocycles. The number of rotatable bonds is 9. The molecule has 0 radical (unpaired) electrons. The van der Waals surface area contributed by atoms with Crippen molar-refractivity contribution < 1.29 is 29.1 Å². The summed E-state index contributed by atoms with van der Waals surface area (Å²) in [6, 6.07) is -4.45. The molecule has 0 heterocycles. The number of nitrogens with two attached hydrogens (primary N) is 2. The minimum atomic E-state index is -1.37. The Morgan fingerprint density at radius 2 is 1.38 bits per heavy atom. The molecule has 0 aromatic heterocycles. The van der Waals surface area contributed by atoms with Crippen molar-refractivity contribution in [3.63, 3.8) is 0 Å². The Hall–Kier alpha value is -2.69. The fraction of sp³-hybridized carbons (Fsp3) is 0.615. The van der Waals surface area contributed by atoms with Crippen LogP contribution in [0.3, 0.4) is 0 Å². The van der Waals surface area contributed by atoms with Crippen LogP contribution in [0.5, 0.6) is 0 Å². The zero-order chi connectivity index (χ0) is 19.0. The summed E-state index contributed by atoms with van der Waals surface area (Å²) < 4.78 is 0. The third-order valence-electron chi connectivity index (χ3n) is 2.93. The van der Waals surface area contributed by atoms with E-state index in [-0.39, 0.29) is 0 Å². The van der Waals surface area contributed by atoms with Gasteiger partial charge in [-0.25, -0.2) is 0 Å². The highest BCUT2D eigenvalue weighted by Crippen LogP contribution is 1.96. The molecule has 8 N–H and O–H groups in total. The van der Waals surface area contributed by atoms with Gasteiger partial charge in [0.05, 0.1) is 12.5 Å². The SMILES string of the molecule is CC(N)C(=O)NC(C)C(=O)NC(CC(N)=O)C(=O)NC(C)C(=O)O. The number of carbonyl (C=O) groups is 5. The second-order valence-corrected chi connectivity index (χ2v) is 5.32. The van der Waals surface area contributed by atoms with E-state index in [9.17, 15) is 24.0 Å². The van der Waals surface area contributed by atoms with Gasteiger partial charge in [0.1, 0.15) is 18.1 Å². The molecule has 0 aliphatic heterocycles. The van der Waals surface area contributed by atoms with Crippen molar-refractivity contribution in [2.24, 2.45) is 11.5 Å². The van der Waals surface area contributed by atoms with Gasteiger partial charge < -0.3 is 32.5 Å². The molecule has 11 heteroatoms. The number of nitrogens with one attached hydrogen (secondary N) is 3. The fourth-order valence-corrected chi connectivity index (χ4v) is 1.49. The second-order valence-electron chi connectivity index (χ2n) is 5.32. The Kier molecular flexibility index (Phi) is 8.39. The molecular formula is C13H23N5O6. The van der Waals surface area contributed by atoms with Crippen molar-refractivity contribution in [1.29, 1.82) is 0 Å². The maximum Gasteiger partial charge on any atom is 0.325 e. The van der Waals surface area contributed by atoms with Gasteiger partial charge >= 0.3 is 5.97 Å². The first kappa shape index (κ1) is 21.3. The van der Waals surface area contributed by atoms with Crippen LogP contribution in [-0.4, -0.2) is 58.9 Å². The molecule has 11 nitrogen and oxygen atoms in total. The van der Waals surface area contributed by atoms with Crippen LogP contribution in [0.1, 0.15) is 27.2 Å². The van der Waals surface area contributed by atoms with Gasteiger partial charge in [0.25, 0.3) is 0 Å². The molecule has 4 atom stereocenters. The van der Waals surface area contributed by atoms with Crippen LogP contribution < -0.4 is 27.4 Å². The van der Waals surface area contributed by atoms with Gasteiger partial charge in [-0.1, -0.05) is 0 Å². The summed E-state index contributed by atoms with van der Waals surface area (Å²) in [5.74, 6) is -4.38. The van der Waals surface area contributed by atoms with E-state index in [2.05, 4.69) is 16.0 Å². The summed E-state index contributed by atoms with van der Waals surface area (Å²) in [7, 11) is 0. The molecular weight excluding hydrogens is 322 g/mol. The minimum Gasteiger partial charge on any atom is -0.480 e. The van der Waals surface area contributed by atoms with Crippen LogP contribution in [0.15, 0.2) is 0 Å². The fourth-order valence-electron chi connectivity index (χ4n) is 1.49. The molecule has 136 valence electrons. The summed E-state index contributed by atoms with van der Waals surface area (Å²) in [6.07, 6.45) is -0.530. The lowest BCUT2D eigenvalue weighted by Gasteiger charge is -2.21. The molecule has 4 amide bonds. The van der Waals surface area contributed by atoms with E-state index in [1.54, 1.807) is 0 Å². The number of amides is 4. The van der Waals surface area contributed by atoms with Crippen molar-refractivity contribution in [3.05, 3.63) is 0 Å². The average molecular weight is 345 g/mol. The third kappa shape index (κ3) is 7.54. The van der Waals surface area contributed by atoms with Gasteiger partial charge in [-0.2, -0.15) is 0 Å². The Morgan fingerprint density at radius 3 is 1.79 bits per heavy atom. The lowest BCUT2D eigenvalue weighted by molar-refractivity contribution is -0.142. The third-order valence-corrected chi connectivity index (χ3v) is 2.93. The van der Waals surface area contributed by atoms with E-state index in [1.807, 2.05) is 0 Å². The van der Waals surface area contributed by atoms with Gasteiger partial charge in [-0.3, -0.25) is 24.0 Å². The summed E-state index contributed by atoms with van der Waals surface area (Å²) in [5.41, 5.74) is 10.4. The monoisotopic (exact) mass is 345 g/mol. The molecule has 4 unspecified atom stereocenters. The van der Waals surface area contributed by atoms with Crippen LogP contribution in [0, 0.1) is 0 Å². The smallest absolute Gasteiger partial charge is 0.325 e. The molecule has 0 aliphatic rings. The lowest BCUT2D eigenvalue weighted by Crippen LogP contribution is -2.56. The van der Waals surface area contributed by atoms with Crippen molar-refractivity contribution in [3.8, 4) is 0 Å². The van der Waals surface area contributed by atoms with E-state index in [4.69, 9.17) is 16.6 Å². The predicted octanol–water partition coefficient (Wildman–Crippen LogP) is -3.21.